The minimum Gasteiger partial charge on any atom is -0.480 e. The SMILES string of the molecule is CCCCCCCC/C=C\CCCCCCCCCC(=O)O[C@H](COC(=O)CCC/C=C\C[C@H]1[C@@H](O)CC(=O)[C@@H]1/C=C/[C@@H](O)CCCCC)COP(=O)(O)OC[C@H](N)C(=O)O. The number of Topliss-reactive ketones (excluding diaryl/α,β-unsaturated/α-hetero) is 1. The van der Waals surface area contributed by atoms with Gasteiger partial charge < -0.3 is 35.4 Å². The highest BCUT2D eigenvalue weighted by molar-refractivity contribution is 7.47. The molecule has 0 aromatic heterocycles. The fourth-order valence-corrected chi connectivity index (χ4v) is 7.76. The fraction of sp³-hybridized carbons (Fsp3) is 0.783. The average molecular weight is 886 g/mol. The molecule has 15 heteroatoms. The van der Waals surface area contributed by atoms with Crippen molar-refractivity contribution in [2.24, 2.45) is 17.6 Å². The topological polar surface area (TPSA) is 229 Å². The Hall–Kier alpha value is -2.71. The highest BCUT2D eigenvalue weighted by Gasteiger charge is 2.39. The van der Waals surface area contributed by atoms with Gasteiger partial charge >= 0.3 is 25.7 Å². The third-order valence-corrected chi connectivity index (χ3v) is 11.7. The van der Waals surface area contributed by atoms with Gasteiger partial charge in [-0.15, -0.1) is 0 Å². The number of phosphoric acid groups is 1. The largest absolute Gasteiger partial charge is 0.480 e. The summed E-state index contributed by atoms with van der Waals surface area (Å²) >= 11 is 0. The molecular formula is C46H80NO13P. The van der Waals surface area contributed by atoms with Crippen LogP contribution in [0.2, 0.25) is 0 Å². The number of hydrogen-bond acceptors (Lipinski definition) is 12. The van der Waals surface area contributed by atoms with Gasteiger partial charge in [0.05, 0.1) is 25.4 Å². The zero-order valence-electron chi connectivity index (χ0n) is 37.2. The maximum Gasteiger partial charge on any atom is 0.472 e. The van der Waals surface area contributed by atoms with Crippen LogP contribution in [0.25, 0.3) is 0 Å². The molecule has 352 valence electrons. The standard InChI is InChI=1S/C46H80NO13P/c1-3-5-7-8-9-10-11-12-13-14-15-16-17-18-19-20-26-30-45(52)60-38(35-58-61(55,56)59-36-41(47)46(53)54)34-57-44(51)29-25-22-21-24-28-39-40(43(50)33-42(39)49)32-31-37(48)27-23-6-4-2/h12-13,21,24,31-32,37-42,48-49H,3-11,14-20,22-23,25-30,33-36,47H2,1-2H3,(H,53,54)(H,55,56)/b13-12-,24-21-,32-31+/t37-,38+,39+,40+,41-,42-/m0/s1. The number of aliphatic hydroxyl groups excluding tert-OH is 2. The van der Waals surface area contributed by atoms with Crippen LogP contribution in [-0.4, -0.2) is 88.1 Å². The molecule has 0 aliphatic heterocycles. The van der Waals surface area contributed by atoms with Gasteiger partial charge in [0.15, 0.2) is 6.10 Å². The number of carbonyl (C=O) groups excluding carboxylic acids is 3. The number of ether oxygens (including phenoxy) is 2. The normalized spacial score (nSPS) is 19.4. The molecule has 1 rings (SSSR count). The van der Waals surface area contributed by atoms with E-state index in [1.54, 1.807) is 12.2 Å². The van der Waals surface area contributed by atoms with Gasteiger partial charge in [-0.05, 0) is 57.8 Å². The van der Waals surface area contributed by atoms with E-state index in [0.29, 0.717) is 32.1 Å². The first kappa shape index (κ1) is 56.3. The van der Waals surface area contributed by atoms with Crippen LogP contribution in [-0.2, 0) is 42.3 Å². The predicted octanol–water partition coefficient (Wildman–Crippen LogP) is 8.98. The molecule has 1 fully saturated rings. The lowest BCUT2D eigenvalue weighted by Crippen LogP contribution is -2.34. The van der Waals surface area contributed by atoms with Gasteiger partial charge in [0.25, 0.3) is 0 Å². The lowest BCUT2D eigenvalue weighted by atomic mass is 9.90. The quantitative estimate of drug-likeness (QED) is 0.0168. The molecule has 0 saturated heterocycles. The van der Waals surface area contributed by atoms with Crippen LogP contribution < -0.4 is 5.73 Å². The Kier molecular flexibility index (Phi) is 33.0. The monoisotopic (exact) mass is 886 g/mol. The van der Waals surface area contributed by atoms with Crippen molar-refractivity contribution in [2.75, 3.05) is 19.8 Å². The molecule has 14 nitrogen and oxygen atoms in total. The Morgan fingerprint density at radius 2 is 1.30 bits per heavy atom. The zero-order chi connectivity index (χ0) is 45.1. The predicted molar refractivity (Wildman–Crippen MR) is 236 cm³/mol. The van der Waals surface area contributed by atoms with Crippen molar-refractivity contribution >= 4 is 31.5 Å². The molecule has 6 N–H and O–H groups in total. The second-order valence-corrected chi connectivity index (χ2v) is 17.8. The number of phosphoric ester groups is 1. The van der Waals surface area contributed by atoms with Crippen LogP contribution in [0.5, 0.6) is 0 Å². The summed E-state index contributed by atoms with van der Waals surface area (Å²) in [5.74, 6) is -3.42. The highest BCUT2D eigenvalue weighted by atomic mass is 31.2. The summed E-state index contributed by atoms with van der Waals surface area (Å²) in [6.45, 7) is 2.42. The molecule has 0 aromatic carbocycles. The van der Waals surface area contributed by atoms with E-state index in [4.69, 9.17) is 24.8 Å². The van der Waals surface area contributed by atoms with Crippen molar-refractivity contribution in [1.29, 1.82) is 0 Å². The number of nitrogens with two attached hydrogens (primary N) is 1. The van der Waals surface area contributed by atoms with Crippen LogP contribution in [0.4, 0.5) is 0 Å². The number of carboxylic acids is 1. The average Bonchev–Trinajstić information content (AvgIpc) is 3.49. The molecule has 0 bridgehead atoms. The first-order valence-corrected chi connectivity index (χ1v) is 24.6. The van der Waals surface area contributed by atoms with Crippen LogP contribution in [0.3, 0.4) is 0 Å². The van der Waals surface area contributed by atoms with E-state index >= 15 is 0 Å². The van der Waals surface area contributed by atoms with Gasteiger partial charge in [-0.25, -0.2) is 4.57 Å². The molecule has 0 aromatic rings. The number of aliphatic carboxylic acids is 1. The third-order valence-electron chi connectivity index (χ3n) is 10.7. The van der Waals surface area contributed by atoms with Gasteiger partial charge in [0.2, 0.25) is 0 Å². The maximum atomic E-state index is 12.7. The van der Waals surface area contributed by atoms with Crippen molar-refractivity contribution in [3.05, 3.63) is 36.5 Å². The molecule has 1 unspecified atom stereocenters. The second kappa shape index (κ2) is 35.7. The van der Waals surface area contributed by atoms with E-state index in [-0.39, 0.29) is 31.0 Å². The molecule has 0 spiro atoms. The molecule has 0 heterocycles. The van der Waals surface area contributed by atoms with Crippen molar-refractivity contribution in [3.63, 3.8) is 0 Å². The summed E-state index contributed by atoms with van der Waals surface area (Å²) in [6, 6.07) is -1.56. The van der Waals surface area contributed by atoms with E-state index in [2.05, 4.69) is 30.5 Å². The molecule has 61 heavy (non-hydrogen) atoms. The molecule has 7 atom stereocenters. The number of rotatable bonds is 39. The van der Waals surface area contributed by atoms with Crippen molar-refractivity contribution in [1.82, 2.24) is 0 Å². The molecule has 1 aliphatic rings. The van der Waals surface area contributed by atoms with Gasteiger partial charge in [-0.1, -0.05) is 134 Å². The van der Waals surface area contributed by atoms with E-state index in [1.807, 2.05) is 12.2 Å². The molecule has 0 radical (unpaired) electrons. The second-order valence-electron chi connectivity index (χ2n) is 16.3. The number of esters is 2. The number of unbranched alkanes of at least 4 members (excludes halogenated alkanes) is 16. The lowest BCUT2D eigenvalue weighted by Gasteiger charge is -2.20. The summed E-state index contributed by atoms with van der Waals surface area (Å²) in [5, 5.41) is 29.6. The summed E-state index contributed by atoms with van der Waals surface area (Å²) in [6.07, 6.45) is 31.5. The molecule has 1 aliphatic carbocycles. The minimum atomic E-state index is -4.78. The summed E-state index contributed by atoms with van der Waals surface area (Å²) in [4.78, 5) is 58.7. The first-order chi connectivity index (χ1) is 29.3. The van der Waals surface area contributed by atoms with Gasteiger partial charge in [0, 0.05) is 31.1 Å². The number of aliphatic hydroxyl groups is 2. The van der Waals surface area contributed by atoms with E-state index in [1.165, 1.54) is 57.8 Å². The Bertz CT molecular complexity index is 1340. The molecule has 0 amide bonds. The fourth-order valence-electron chi connectivity index (χ4n) is 6.98. The smallest absolute Gasteiger partial charge is 0.472 e. The van der Waals surface area contributed by atoms with Crippen LogP contribution in [0.15, 0.2) is 36.5 Å². The minimum absolute atomic E-state index is 0.0301. The zero-order valence-corrected chi connectivity index (χ0v) is 38.1. The maximum absolute atomic E-state index is 12.7. The van der Waals surface area contributed by atoms with E-state index in [9.17, 15) is 38.8 Å². The lowest BCUT2D eigenvalue weighted by molar-refractivity contribution is -0.161. The number of ketones is 1. The van der Waals surface area contributed by atoms with Crippen molar-refractivity contribution < 1.29 is 62.5 Å². The van der Waals surface area contributed by atoms with Crippen molar-refractivity contribution in [3.8, 4) is 0 Å². The van der Waals surface area contributed by atoms with Crippen molar-refractivity contribution in [2.45, 2.75) is 199 Å². The first-order valence-electron chi connectivity index (χ1n) is 23.1. The van der Waals surface area contributed by atoms with E-state index < -0.39 is 75.8 Å². The molecule has 1 saturated carbocycles. The van der Waals surface area contributed by atoms with E-state index in [0.717, 1.165) is 51.4 Å². The molecular weight excluding hydrogens is 805 g/mol. The van der Waals surface area contributed by atoms with Crippen LogP contribution in [0, 0.1) is 11.8 Å². The Morgan fingerprint density at radius 1 is 0.754 bits per heavy atom. The third kappa shape index (κ3) is 30.1. The Morgan fingerprint density at radius 3 is 1.93 bits per heavy atom. The Balaban J connectivity index is 2.47. The summed E-state index contributed by atoms with van der Waals surface area (Å²) in [5.41, 5.74) is 5.33. The van der Waals surface area contributed by atoms with Gasteiger partial charge in [-0.3, -0.25) is 28.2 Å². The number of carbonyl (C=O) groups is 4. The van der Waals surface area contributed by atoms with Gasteiger partial charge in [0.1, 0.15) is 18.4 Å². The Labute approximate surface area is 365 Å². The van der Waals surface area contributed by atoms with Crippen LogP contribution >= 0.6 is 7.82 Å². The number of hydrogen-bond donors (Lipinski definition) is 5. The summed E-state index contributed by atoms with van der Waals surface area (Å²) < 4.78 is 32.7. The summed E-state index contributed by atoms with van der Waals surface area (Å²) in [7, 11) is -4.78. The number of carboxylic acid groups (broad SMARTS) is 1. The highest BCUT2D eigenvalue weighted by Crippen LogP contribution is 2.43. The van der Waals surface area contributed by atoms with Crippen LogP contribution in [0.1, 0.15) is 174 Å². The number of allylic oxidation sites excluding steroid dienone is 5. The van der Waals surface area contributed by atoms with Gasteiger partial charge in [-0.2, -0.15) is 0 Å².